The molecule has 1 aromatic heterocycles. The van der Waals surface area contributed by atoms with Gasteiger partial charge in [-0.1, -0.05) is 49.3 Å². The van der Waals surface area contributed by atoms with Crippen molar-refractivity contribution < 1.29 is 4.52 Å². The third-order valence-electron chi connectivity index (χ3n) is 5.74. The molecule has 0 spiro atoms. The molecule has 8 heteroatoms. The van der Waals surface area contributed by atoms with Gasteiger partial charge in [0.05, 0.1) is 18.3 Å². The molecule has 31 heavy (non-hydrogen) atoms. The zero-order valence-electron chi connectivity index (χ0n) is 19.0. The van der Waals surface area contributed by atoms with Gasteiger partial charge in [-0.2, -0.15) is 0 Å². The predicted octanol–water partition coefficient (Wildman–Crippen LogP) is 3.46. The molecule has 1 aliphatic heterocycles. The number of nitrogens with one attached hydrogen (secondary N) is 1. The number of piperazine rings is 1. The number of benzene rings is 1. The van der Waals surface area contributed by atoms with Gasteiger partial charge in [0.1, 0.15) is 6.26 Å². The van der Waals surface area contributed by atoms with Crippen LogP contribution in [0.2, 0.25) is 0 Å². The number of aromatic nitrogens is 1. The summed E-state index contributed by atoms with van der Waals surface area (Å²) in [4.78, 5) is 12.4. The summed E-state index contributed by atoms with van der Waals surface area (Å²) < 4.78 is 4.96. The highest BCUT2D eigenvalue weighted by Gasteiger charge is 2.22. The van der Waals surface area contributed by atoms with E-state index in [-0.39, 0.29) is 24.0 Å². The lowest BCUT2D eigenvalue weighted by Crippen LogP contribution is -2.52. The van der Waals surface area contributed by atoms with E-state index in [1.54, 1.807) is 6.26 Å². The average molecular weight is 540 g/mol. The topological polar surface area (TPSA) is 60.1 Å². The molecule has 172 valence electrons. The van der Waals surface area contributed by atoms with Crippen LogP contribution in [0.5, 0.6) is 0 Å². The van der Waals surface area contributed by atoms with Crippen molar-refractivity contribution >= 4 is 29.9 Å². The zero-order chi connectivity index (χ0) is 21.2. The van der Waals surface area contributed by atoms with Crippen molar-refractivity contribution in [2.45, 2.75) is 33.4 Å². The Bertz CT molecular complexity index is 743. The second kappa shape index (κ2) is 13.7. The molecule has 0 radical (unpaired) electrons. The van der Waals surface area contributed by atoms with Crippen molar-refractivity contribution in [1.82, 2.24) is 25.2 Å². The van der Waals surface area contributed by atoms with E-state index in [4.69, 9.17) is 9.52 Å². The Morgan fingerprint density at radius 3 is 2.39 bits per heavy atom. The first kappa shape index (κ1) is 25.6. The van der Waals surface area contributed by atoms with Crippen LogP contribution >= 0.6 is 24.0 Å². The second-order valence-corrected chi connectivity index (χ2v) is 7.60. The summed E-state index contributed by atoms with van der Waals surface area (Å²) in [5.41, 5.74) is 2.33. The molecule has 7 nitrogen and oxygen atoms in total. The monoisotopic (exact) mass is 540 g/mol. The van der Waals surface area contributed by atoms with Crippen LogP contribution in [0.25, 0.3) is 0 Å². The average Bonchev–Trinajstić information content (AvgIpc) is 3.30. The van der Waals surface area contributed by atoms with Gasteiger partial charge in [-0.3, -0.25) is 14.8 Å². The standard InChI is InChI=1S/C23H36N6O.HI/c1-4-24-23(29-15-13-27(14-16-29)19-21-12-17-30-26-21)25-18-22(28(5-2)6-3)20-10-8-7-9-11-20;/h7-12,17,22H,4-6,13-16,18-19H2,1-3H3,(H,24,25);1H. The number of nitrogens with zero attached hydrogens (tertiary/aromatic N) is 5. The van der Waals surface area contributed by atoms with Gasteiger partial charge < -0.3 is 14.7 Å². The molecule has 1 N–H and O–H groups in total. The van der Waals surface area contributed by atoms with Crippen LogP contribution < -0.4 is 5.32 Å². The molecule has 1 aromatic carbocycles. The summed E-state index contributed by atoms with van der Waals surface area (Å²) in [5, 5.41) is 7.54. The molecule has 2 aromatic rings. The molecule has 1 fully saturated rings. The van der Waals surface area contributed by atoms with Gasteiger partial charge in [-0.25, -0.2) is 0 Å². The maximum absolute atomic E-state index is 5.08. The fourth-order valence-electron chi connectivity index (χ4n) is 4.04. The quantitative estimate of drug-likeness (QED) is 0.299. The molecule has 3 rings (SSSR count). The first-order valence-corrected chi connectivity index (χ1v) is 11.2. The van der Waals surface area contributed by atoms with E-state index < -0.39 is 0 Å². The van der Waals surface area contributed by atoms with Gasteiger partial charge in [-0.15, -0.1) is 24.0 Å². The van der Waals surface area contributed by atoms with Crippen LogP contribution in [0.3, 0.4) is 0 Å². The van der Waals surface area contributed by atoms with Gasteiger partial charge in [-0.05, 0) is 25.6 Å². The van der Waals surface area contributed by atoms with Crippen molar-refractivity contribution in [2.75, 3.05) is 52.4 Å². The van der Waals surface area contributed by atoms with E-state index in [0.717, 1.165) is 70.6 Å². The molecule has 1 saturated heterocycles. The minimum atomic E-state index is 0. The number of hydrogen-bond donors (Lipinski definition) is 1. The van der Waals surface area contributed by atoms with Gasteiger partial charge in [0, 0.05) is 45.3 Å². The van der Waals surface area contributed by atoms with Crippen molar-refractivity contribution in [2.24, 2.45) is 4.99 Å². The molecule has 1 atom stereocenters. The Kier molecular flexibility index (Phi) is 11.3. The number of likely N-dealkylation sites (N-methyl/N-ethyl adjacent to an activating group) is 1. The maximum atomic E-state index is 5.08. The van der Waals surface area contributed by atoms with E-state index in [0.29, 0.717) is 6.04 Å². The van der Waals surface area contributed by atoms with Crippen molar-refractivity contribution in [3.05, 3.63) is 53.9 Å². The smallest absolute Gasteiger partial charge is 0.194 e. The third kappa shape index (κ3) is 7.47. The summed E-state index contributed by atoms with van der Waals surface area (Å²) in [7, 11) is 0. The number of guanidine groups is 1. The Morgan fingerprint density at radius 2 is 1.81 bits per heavy atom. The summed E-state index contributed by atoms with van der Waals surface area (Å²) in [6, 6.07) is 13.0. The fourth-order valence-corrected chi connectivity index (χ4v) is 4.04. The molecular formula is C23H37IN6O. The van der Waals surface area contributed by atoms with Crippen LogP contribution in [0, 0.1) is 0 Å². The Morgan fingerprint density at radius 1 is 1.10 bits per heavy atom. The third-order valence-corrected chi connectivity index (χ3v) is 5.74. The molecule has 0 amide bonds. The number of aliphatic imine (C=N–C) groups is 1. The fraction of sp³-hybridized carbons (Fsp3) is 0.565. The van der Waals surface area contributed by atoms with E-state index in [9.17, 15) is 0 Å². The van der Waals surface area contributed by atoms with Gasteiger partial charge in [0.25, 0.3) is 0 Å². The van der Waals surface area contributed by atoms with Crippen LogP contribution in [0.1, 0.15) is 38.1 Å². The minimum Gasteiger partial charge on any atom is -0.364 e. The lowest BCUT2D eigenvalue weighted by Gasteiger charge is -2.36. The summed E-state index contributed by atoms with van der Waals surface area (Å²) >= 11 is 0. The van der Waals surface area contributed by atoms with E-state index in [1.807, 2.05) is 6.07 Å². The van der Waals surface area contributed by atoms with E-state index in [2.05, 4.69) is 76.3 Å². The molecular weight excluding hydrogens is 503 g/mol. The Balaban J connectivity index is 0.00000341. The highest BCUT2D eigenvalue weighted by atomic mass is 127. The second-order valence-electron chi connectivity index (χ2n) is 7.60. The number of rotatable bonds is 9. The predicted molar refractivity (Wildman–Crippen MR) is 137 cm³/mol. The molecule has 1 aliphatic rings. The zero-order valence-corrected chi connectivity index (χ0v) is 21.4. The molecule has 0 bridgehead atoms. The summed E-state index contributed by atoms with van der Waals surface area (Å²) in [5.74, 6) is 1.02. The van der Waals surface area contributed by atoms with Gasteiger partial charge in [0.2, 0.25) is 0 Å². The lowest BCUT2D eigenvalue weighted by molar-refractivity contribution is 0.168. The van der Waals surface area contributed by atoms with Gasteiger partial charge >= 0.3 is 0 Å². The number of halogens is 1. The molecule has 2 heterocycles. The van der Waals surface area contributed by atoms with Crippen LogP contribution in [0.15, 0.2) is 52.2 Å². The summed E-state index contributed by atoms with van der Waals surface area (Å²) in [6.07, 6.45) is 1.64. The molecule has 0 saturated carbocycles. The van der Waals surface area contributed by atoms with Crippen LogP contribution in [-0.2, 0) is 6.54 Å². The largest absolute Gasteiger partial charge is 0.364 e. The van der Waals surface area contributed by atoms with Crippen molar-refractivity contribution in [3.63, 3.8) is 0 Å². The lowest BCUT2D eigenvalue weighted by atomic mass is 10.1. The summed E-state index contributed by atoms with van der Waals surface area (Å²) in [6.45, 7) is 15.0. The SMILES string of the molecule is CCNC(=NCC(c1ccccc1)N(CC)CC)N1CCN(Cc2ccon2)CC1.I. The highest BCUT2D eigenvalue weighted by molar-refractivity contribution is 14.0. The number of hydrogen-bond acceptors (Lipinski definition) is 5. The van der Waals surface area contributed by atoms with Crippen molar-refractivity contribution in [3.8, 4) is 0 Å². The Labute approximate surface area is 203 Å². The maximum Gasteiger partial charge on any atom is 0.194 e. The van der Waals surface area contributed by atoms with Crippen LogP contribution in [-0.4, -0.2) is 78.2 Å². The first-order chi connectivity index (χ1) is 14.7. The molecule has 1 unspecified atom stereocenters. The first-order valence-electron chi connectivity index (χ1n) is 11.2. The molecule has 0 aliphatic carbocycles. The minimum absolute atomic E-state index is 0. The van der Waals surface area contributed by atoms with Crippen LogP contribution in [0.4, 0.5) is 0 Å². The Hall–Kier alpha value is -1.65. The highest BCUT2D eigenvalue weighted by Crippen LogP contribution is 2.21. The van der Waals surface area contributed by atoms with Crippen molar-refractivity contribution in [1.29, 1.82) is 0 Å². The van der Waals surface area contributed by atoms with Gasteiger partial charge in [0.15, 0.2) is 5.96 Å². The van der Waals surface area contributed by atoms with E-state index in [1.165, 1.54) is 5.56 Å². The normalized spacial score (nSPS) is 16.3. The van der Waals surface area contributed by atoms with E-state index >= 15 is 0 Å².